The van der Waals surface area contributed by atoms with Gasteiger partial charge < -0.3 is 24.5 Å². The van der Waals surface area contributed by atoms with Gasteiger partial charge in [0.25, 0.3) is 0 Å². The number of fused-ring (bicyclic) bond motifs is 3. The van der Waals surface area contributed by atoms with E-state index < -0.39 is 41.4 Å². The van der Waals surface area contributed by atoms with Crippen molar-refractivity contribution in [1.82, 2.24) is 0 Å². The molecule has 0 radical (unpaired) electrons. The first-order valence-corrected chi connectivity index (χ1v) is 9.52. The Kier molecular flexibility index (Phi) is 3.25. The Labute approximate surface area is 156 Å². The van der Waals surface area contributed by atoms with Gasteiger partial charge in [-0.15, -0.1) is 0 Å². The second-order valence-corrected chi connectivity index (χ2v) is 8.81. The maximum absolute atomic E-state index is 13.1. The highest BCUT2D eigenvalue weighted by Crippen LogP contribution is 2.58. The maximum Gasteiger partial charge on any atom is 0.346 e. The summed E-state index contributed by atoms with van der Waals surface area (Å²) in [5, 5.41) is 26.0. The number of rotatable bonds is 0. The molecule has 8 atom stereocenters. The normalized spacial score (nSPS) is 50.6. The number of ether oxygens (including phenoxy) is 2. The van der Waals surface area contributed by atoms with Gasteiger partial charge in [-0.1, -0.05) is 25.9 Å². The van der Waals surface area contributed by atoms with Crippen LogP contribution in [0.5, 0.6) is 0 Å². The van der Waals surface area contributed by atoms with Gasteiger partial charge in [0.15, 0.2) is 17.1 Å². The number of carbonyl (C=O) groups excluding carboxylic acids is 2. The molecule has 6 aliphatic rings. The summed E-state index contributed by atoms with van der Waals surface area (Å²) in [5.41, 5.74) is -0.864. The van der Waals surface area contributed by atoms with E-state index in [1.807, 2.05) is 6.92 Å². The molecular formula is C19H23NO7. The second kappa shape index (κ2) is 5.11. The lowest BCUT2D eigenvalue weighted by molar-refractivity contribution is -0.220. The predicted molar refractivity (Wildman–Crippen MR) is 90.0 cm³/mol. The number of oxime groups is 1. The zero-order chi connectivity index (χ0) is 19.3. The van der Waals surface area contributed by atoms with Gasteiger partial charge in [0, 0.05) is 18.3 Å². The van der Waals surface area contributed by atoms with Crippen LogP contribution in [0.25, 0.3) is 0 Å². The monoisotopic (exact) mass is 377 g/mol. The fraction of sp³-hybridized carbons (Fsp3) is 0.737. The number of ketones is 1. The van der Waals surface area contributed by atoms with Gasteiger partial charge in [-0.05, 0) is 12.3 Å². The standard InChI is InChI=1S/C19H23NO7/c1-7-4-9(3)19(24)6-10(20-27-19)12-14(22)15-8(2)5-18(12)16(25-15)11(13(7)21)17(23)26-18/h7-9,12,14-15,22,24H,4-6H2,1-3H3/t7-,8-,9+,12-,14-,15-,18-,19+/m1/s1. The quantitative estimate of drug-likeness (QED) is 0.471. The lowest BCUT2D eigenvalue weighted by Crippen LogP contribution is -2.66. The van der Waals surface area contributed by atoms with Crippen LogP contribution in [0, 0.1) is 23.7 Å². The first kappa shape index (κ1) is 17.2. The van der Waals surface area contributed by atoms with Crippen molar-refractivity contribution in [2.45, 2.75) is 63.6 Å². The van der Waals surface area contributed by atoms with E-state index in [0.29, 0.717) is 18.6 Å². The number of Topliss-reactive ketones (excluding diaryl/α,β-unsaturated/α-hetero) is 1. The van der Waals surface area contributed by atoms with Gasteiger partial charge >= 0.3 is 5.97 Å². The van der Waals surface area contributed by atoms with Crippen molar-refractivity contribution in [2.75, 3.05) is 0 Å². The summed E-state index contributed by atoms with van der Waals surface area (Å²) < 4.78 is 11.8. The fourth-order valence-corrected chi connectivity index (χ4v) is 5.55. The lowest BCUT2D eigenvalue weighted by atomic mass is 9.62. The molecule has 8 nitrogen and oxygen atoms in total. The average Bonchev–Trinajstić information content (AvgIpc) is 3.11. The minimum absolute atomic E-state index is 0.0465. The van der Waals surface area contributed by atoms with Crippen molar-refractivity contribution in [3.63, 3.8) is 0 Å². The Morgan fingerprint density at radius 1 is 1.22 bits per heavy atom. The fourth-order valence-electron chi connectivity index (χ4n) is 5.55. The van der Waals surface area contributed by atoms with Crippen LogP contribution in [-0.4, -0.2) is 51.3 Å². The highest BCUT2D eigenvalue weighted by Gasteiger charge is 2.70. The number of carbonyl (C=O) groups is 2. The summed E-state index contributed by atoms with van der Waals surface area (Å²) in [7, 11) is 0. The molecule has 1 spiro atoms. The van der Waals surface area contributed by atoms with E-state index in [9.17, 15) is 19.8 Å². The van der Waals surface area contributed by atoms with E-state index in [1.165, 1.54) is 0 Å². The first-order valence-electron chi connectivity index (χ1n) is 9.52. The molecule has 4 heterocycles. The first-order chi connectivity index (χ1) is 12.7. The summed E-state index contributed by atoms with van der Waals surface area (Å²) in [5.74, 6) is -4.03. The van der Waals surface area contributed by atoms with Crippen molar-refractivity contribution in [3.8, 4) is 0 Å². The number of hydrogen-bond acceptors (Lipinski definition) is 8. The summed E-state index contributed by atoms with van der Waals surface area (Å²) in [4.78, 5) is 31.2. The third-order valence-corrected chi connectivity index (χ3v) is 7.00. The van der Waals surface area contributed by atoms with E-state index in [4.69, 9.17) is 14.3 Å². The Morgan fingerprint density at radius 3 is 2.70 bits per heavy atom. The molecule has 2 aliphatic carbocycles. The van der Waals surface area contributed by atoms with Crippen LogP contribution in [0.3, 0.4) is 0 Å². The van der Waals surface area contributed by atoms with Crippen molar-refractivity contribution in [3.05, 3.63) is 11.3 Å². The van der Waals surface area contributed by atoms with E-state index in [1.54, 1.807) is 13.8 Å². The van der Waals surface area contributed by atoms with Crippen molar-refractivity contribution >= 4 is 17.5 Å². The van der Waals surface area contributed by atoms with E-state index in [0.717, 1.165) is 0 Å². The van der Waals surface area contributed by atoms with Crippen molar-refractivity contribution in [2.24, 2.45) is 28.8 Å². The van der Waals surface area contributed by atoms with Gasteiger partial charge in [-0.25, -0.2) is 4.79 Å². The van der Waals surface area contributed by atoms with Gasteiger partial charge in [0.2, 0.25) is 5.79 Å². The number of hydrogen-bond donors (Lipinski definition) is 2. The number of aliphatic hydroxyl groups excluding tert-OH is 1. The summed E-state index contributed by atoms with van der Waals surface area (Å²) >= 11 is 0. The molecule has 8 heteroatoms. The highest BCUT2D eigenvalue weighted by atomic mass is 16.7. The third kappa shape index (κ3) is 1.97. The molecule has 0 aromatic rings. The van der Waals surface area contributed by atoms with Crippen LogP contribution in [0.4, 0.5) is 0 Å². The van der Waals surface area contributed by atoms with Gasteiger partial charge in [0.05, 0.1) is 18.1 Å². The zero-order valence-electron chi connectivity index (χ0n) is 15.5. The van der Waals surface area contributed by atoms with E-state index in [-0.39, 0.29) is 35.4 Å². The largest absolute Gasteiger partial charge is 0.486 e. The van der Waals surface area contributed by atoms with Crippen LogP contribution in [0.2, 0.25) is 0 Å². The Bertz CT molecular complexity index is 819. The zero-order valence-corrected chi connectivity index (χ0v) is 15.5. The molecule has 4 aliphatic heterocycles. The number of esters is 1. The molecule has 2 N–H and O–H groups in total. The molecule has 0 unspecified atom stereocenters. The molecule has 27 heavy (non-hydrogen) atoms. The maximum atomic E-state index is 13.1. The van der Waals surface area contributed by atoms with Gasteiger partial charge in [0.1, 0.15) is 17.8 Å². The molecular weight excluding hydrogens is 354 g/mol. The van der Waals surface area contributed by atoms with E-state index >= 15 is 0 Å². The Morgan fingerprint density at radius 2 is 1.96 bits per heavy atom. The SMILES string of the molecule is C[C@@H]1C[C@H](C)[C@]2(O)CC(=NO2)[C@@H]2[C@@H](O)[C@@H]3OC4=C(C(=O)O[C@@]42C[C@H]3C)C1=O. The minimum atomic E-state index is -1.54. The molecule has 3 fully saturated rings. The van der Waals surface area contributed by atoms with Crippen LogP contribution in [0.15, 0.2) is 16.5 Å². The molecule has 7 bridgehead atoms. The number of aliphatic hydroxyl groups is 2. The average molecular weight is 377 g/mol. The summed E-state index contributed by atoms with van der Waals surface area (Å²) in [6.07, 6.45) is -0.701. The topological polar surface area (TPSA) is 115 Å². The Hall–Kier alpha value is -1.93. The number of nitrogens with zero attached hydrogens (tertiary/aromatic N) is 1. The Balaban J connectivity index is 1.73. The smallest absolute Gasteiger partial charge is 0.346 e. The van der Waals surface area contributed by atoms with Crippen LogP contribution < -0.4 is 0 Å². The third-order valence-electron chi connectivity index (χ3n) is 7.00. The minimum Gasteiger partial charge on any atom is -0.486 e. The highest BCUT2D eigenvalue weighted by molar-refractivity contribution is 6.20. The van der Waals surface area contributed by atoms with E-state index in [2.05, 4.69) is 5.16 Å². The van der Waals surface area contributed by atoms with Crippen LogP contribution >= 0.6 is 0 Å². The summed E-state index contributed by atoms with van der Waals surface area (Å²) in [6.45, 7) is 5.43. The molecule has 0 aromatic heterocycles. The molecule has 0 aromatic carbocycles. The molecule has 2 saturated heterocycles. The van der Waals surface area contributed by atoms with Crippen molar-refractivity contribution < 1.29 is 34.1 Å². The summed E-state index contributed by atoms with van der Waals surface area (Å²) in [6, 6.07) is 0. The molecule has 146 valence electrons. The van der Waals surface area contributed by atoms with Crippen LogP contribution in [-0.2, 0) is 23.9 Å². The molecule has 6 rings (SSSR count). The predicted octanol–water partition coefficient (Wildman–Crippen LogP) is 0.662. The van der Waals surface area contributed by atoms with Gasteiger partial charge in [-0.2, -0.15) is 0 Å². The van der Waals surface area contributed by atoms with Gasteiger partial charge in [-0.3, -0.25) is 4.79 Å². The second-order valence-electron chi connectivity index (χ2n) is 8.81. The van der Waals surface area contributed by atoms with Crippen molar-refractivity contribution in [1.29, 1.82) is 0 Å². The lowest BCUT2D eigenvalue weighted by Gasteiger charge is -2.54. The molecule has 1 saturated carbocycles. The molecule has 0 amide bonds. The van der Waals surface area contributed by atoms with Crippen LogP contribution in [0.1, 0.15) is 40.0 Å².